The molecule has 0 radical (unpaired) electrons. The quantitative estimate of drug-likeness (QED) is 0.181. The van der Waals surface area contributed by atoms with Gasteiger partial charge in [0.1, 0.15) is 17.0 Å². The molecule has 1 saturated carbocycles. The molecule has 2 amide bonds. The number of carbonyl (C=O) groups excluding carboxylic acids is 3. The lowest BCUT2D eigenvalue weighted by Gasteiger charge is -2.31. The maximum atomic E-state index is 13.2. The predicted molar refractivity (Wildman–Crippen MR) is 192 cm³/mol. The van der Waals surface area contributed by atoms with Crippen LogP contribution in [0.4, 0.5) is 0 Å². The summed E-state index contributed by atoms with van der Waals surface area (Å²) < 4.78 is 28.3. The first-order valence-corrected chi connectivity index (χ1v) is 19.1. The molecule has 1 unspecified atom stereocenters. The number of hydrogen-bond acceptors (Lipinski definition) is 9. The zero-order valence-corrected chi connectivity index (χ0v) is 30.4. The summed E-state index contributed by atoms with van der Waals surface area (Å²) in [5.41, 5.74) is 0.0726. The number of aliphatic hydroxyl groups is 1. The Morgan fingerprint density at radius 3 is 2.46 bits per heavy atom. The highest BCUT2D eigenvalue weighted by atomic mass is 35.5. The molecule has 1 aliphatic carbocycles. The Labute approximate surface area is 307 Å². The van der Waals surface area contributed by atoms with E-state index >= 15 is 0 Å². The van der Waals surface area contributed by atoms with E-state index in [0.717, 1.165) is 30.9 Å². The Kier molecular flexibility index (Phi) is 12.1. The number of hydrogen-bond donors (Lipinski definition) is 5. The second-order valence-electron chi connectivity index (χ2n) is 13.2. The summed E-state index contributed by atoms with van der Waals surface area (Å²) in [6.07, 6.45) is 4.54. The van der Waals surface area contributed by atoms with Gasteiger partial charge in [-0.15, -0.1) is 0 Å². The van der Waals surface area contributed by atoms with Crippen molar-refractivity contribution in [2.24, 2.45) is 11.1 Å². The highest BCUT2D eigenvalue weighted by molar-refractivity contribution is 7.89. The Balaban J connectivity index is 0.000000210. The maximum Gasteiger partial charge on any atom is 0.326 e. The van der Waals surface area contributed by atoms with Crippen LogP contribution in [0.15, 0.2) is 77.7 Å². The lowest BCUT2D eigenvalue weighted by Crippen LogP contribution is -2.55. The zero-order chi connectivity index (χ0) is 37.8. The monoisotopic (exact) mass is 754 g/mol. The number of nitrogens with two attached hydrogens (primary N) is 1. The van der Waals surface area contributed by atoms with Gasteiger partial charge in [0, 0.05) is 22.7 Å². The number of nitrogens with one attached hydrogen (secondary N) is 2. The van der Waals surface area contributed by atoms with Gasteiger partial charge in [-0.3, -0.25) is 19.7 Å². The molecule has 0 spiro atoms. The summed E-state index contributed by atoms with van der Waals surface area (Å²) in [5.74, 6) is -1.77. The van der Waals surface area contributed by atoms with E-state index in [4.69, 9.17) is 21.5 Å². The van der Waals surface area contributed by atoms with Gasteiger partial charge in [-0.1, -0.05) is 72.6 Å². The van der Waals surface area contributed by atoms with Crippen molar-refractivity contribution in [2.75, 3.05) is 6.61 Å². The zero-order valence-electron chi connectivity index (χ0n) is 28.8. The SMILES string of the molecule is CCOC(=O)[C@H](CCc1ccccc1)N[C@@H](C)C(=O)N1[C@H](C(=O)O)C[C@@H]2CCC[C@@H]21.NS(=O)(=O)c1cc(C2(O)NC(=O)c3ccccc32)ccc1Cl. The number of likely N-dealkylation sites (tertiary alicyclic amines) is 1. The lowest BCUT2D eigenvalue weighted by atomic mass is 9.94. The van der Waals surface area contributed by atoms with Gasteiger partial charge in [-0.2, -0.15) is 0 Å². The van der Waals surface area contributed by atoms with E-state index in [1.807, 2.05) is 30.3 Å². The van der Waals surface area contributed by atoms with Crippen LogP contribution in [0.5, 0.6) is 0 Å². The predicted octanol–water partition coefficient (Wildman–Crippen LogP) is 3.31. The molecule has 3 aromatic carbocycles. The third kappa shape index (κ3) is 8.31. The molecule has 52 heavy (non-hydrogen) atoms. The van der Waals surface area contributed by atoms with E-state index in [1.54, 1.807) is 43.0 Å². The Bertz CT molecular complexity index is 1930. The normalized spacial score (nSPS) is 23.1. The third-order valence-electron chi connectivity index (χ3n) is 9.85. The minimum absolute atomic E-state index is 0.00629. The van der Waals surface area contributed by atoms with E-state index in [9.17, 15) is 37.8 Å². The average Bonchev–Trinajstić information content (AvgIpc) is 3.79. The number of carboxylic acids is 1. The standard InChI is InChI=1S/C23H32N2O5.C14H11ClN2O4S/c1-3-30-23(29)18(13-12-16-8-5-4-6-9-16)24-15(2)21(26)25-19-11-7-10-17(19)14-20(25)22(27)28;15-11-6-5-8(7-12(11)22(16,20)21)14(19)10-4-2-1-3-9(10)13(18)17-14/h4-6,8-9,15,17-20,24H,3,7,10-14H2,1-2H3,(H,27,28);1-7,19H,(H,17,18)(H2,16,20,21)/t15-,17-,18-,19-,20-;/m0./s1. The molecule has 13 nitrogen and oxygen atoms in total. The molecular weight excluding hydrogens is 712 g/mol. The minimum Gasteiger partial charge on any atom is -0.480 e. The van der Waals surface area contributed by atoms with Crippen LogP contribution in [0, 0.1) is 5.92 Å². The van der Waals surface area contributed by atoms with Gasteiger partial charge in [0.25, 0.3) is 5.91 Å². The third-order valence-corrected chi connectivity index (χ3v) is 11.2. The van der Waals surface area contributed by atoms with E-state index in [-0.39, 0.29) is 45.9 Å². The number of aliphatic carboxylic acids is 1. The number of primary sulfonamides is 1. The van der Waals surface area contributed by atoms with Crippen molar-refractivity contribution in [3.8, 4) is 0 Å². The van der Waals surface area contributed by atoms with Gasteiger partial charge < -0.3 is 25.2 Å². The van der Waals surface area contributed by atoms with Crippen LogP contribution in [0.25, 0.3) is 0 Å². The summed E-state index contributed by atoms with van der Waals surface area (Å²) in [5, 5.41) is 31.1. The highest BCUT2D eigenvalue weighted by Crippen LogP contribution is 2.42. The first kappa shape index (κ1) is 38.9. The number of aryl methyl sites for hydroxylation is 1. The van der Waals surface area contributed by atoms with Crippen LogP contribution in [0.3, 0.4) is 0 Å². The molecule has 2 fully saturated rings. The van der Waals surface area contributed by atoms with Crippen molar-refractivity contribution in [1.82, 2.24) is 15.5 Å². The topological polar surface area (TPSA) is 205 Å². The minimum atomic E-state index is -4.06. The lowest BCUT2D eigenvalue weighted by molar-refractivity contribution is -0.151. The molecular formula is C37H43ClN4O9S. The molecule has 1 saturated heterocycles. The average molecular weight is 755 g/mol. The molecule has 2 heterocycles. The van der Waals surface area contributed by atoms with E-state index in [0.29, 0.717) is 30.4 Å². The van der Waals surface area contributed by atoms with Crippen LogP contribution < -0.4 is 15.8 Å². The molecule has 3 aromatic rings. The van der Waals surface area contributed by atoms with Crippen molar-refractivity contribution < 1.29 is 42.5 Å². The molecule has 6 atom stereocenters. The summed E-state index contributed by atoms with van der Waals surface area (Å²) in [7, 11) is -4.06. The number of rotatable bonds is 11. The molecule has 278 valence electrons. The smallest absolute Gasteiger partial charge is 0.326 e. The van der Waals surface area contributed by atoms with Gasteiger partial charge in [0.05, 0.1) is 17.7 Å². The first-order valence-electron chi connectivity index (χ1n) is 17.1. The van der Waals surface area contributed by atoms with Crippen molar-refractivity contribution in [2.45, 2.75) is 87.2 Å². The maximum absolute atomic E-state index is 13.2. The number of amides is 2. The van der Waals surface area contributed by atoms with Crippen molar-refractivity contribution >= 4 is 45.4 Å². The van der Waals surface area contributed by atoms with Crippen molar-refractivity contribution in [3.63, 3.8) is 0 Å². The highest BCUT2D eigenvalue weighted by Gasteiger charge is 2.50. The largest absolute Gasteiger partial charge is 0.480 e. The van der Waals surface area contributed by atoms with Crippen molar-refractivity contribution in [1.29, 1.82) is 0 Å². The number of ether oxygens (including phenoxy) is 1. The van der Waals surface area contributed by atoms with Gasteiger partial charge in [0.2, 0.25) is 15.9 Å². The Morgan fingerprint density at radius 1 is 1.10 bits per heavy atom. The van der Waals surface area contributed by atoms with Gasteiger partial charge in [0.15, 0.2) is 5.72 Å². The number of benzene rings is 3. The number of fused-ring (bicyclic) bond motifs is 2. The fourth-order valence-electron chi connectivity index (χ4n) is 7.36. The number of sulfonamides is 1. The summed E-state index contributed by atoms with van der Waals surface area (Å²) in [4.78, 5) is 50.7. The van der Waals surface area contributed by atoms with E-state index in [1.165, 1.54) is 12.1 Å². The fourth-order valence-corrected chi connectivity index (χ4v) is 8.43. The molecule has 0 aromatic heterocycles. The Morgan fingerprint density at radius 2 is 1.79 bits per heavy atom. The first-order chi connectivity index (χ1) is 24.6. The molecule has 2 aliphatic heterocycles. The summed E-state index contributed by atoms with van der Waals surface area (Å²) >= 11 is 5.83. The summed E-state index contributed by atoms with van der Waals surface area (Å²) in [6.45, 7) is 3.72. The van der Waals surface area contributed by atoms with Gasteiger partial charge in [-0.05, 0) is 75.6 Å². The number of carbonyl (C=O) groups is 4. The van der Waals surface area contributed by atoms with Gasteiger partial charge >= 0.3 is 11.9 Å². The van der Waals surface area contributed by atoms with Crippen LogP contribution in [-0.2, 0) is 41.3 Å². The van der Waals surface area contributed by atoms with Crippen LogP contribution in [0.1, 0.15) is 73.0 Å². The Hall–Kier alpha value is -4.34. The van der Waals surface area contributed by atoms with Crippen LogP contribution >= 0.6 is 11.6 Å². The van der Waals surface area contributed by atoms with Crippen molar-refractivity contribution in [3.05, 3.63) is 100 Å². The second kappa shape index (κ2) is 16.1. The van der Waals surface area contributed by atoms with Crippen LogP contribution in [0.2, 0.25) is 5.02 Å². The number of esters is 1. The van der Waals surface area contributed by atoms with E-state index in [2.05, 4.69) is 10.6 Å². The summed E-state index contributed by atoms with van der Waals surface area (Å²) in [6, 6.07) is 18.1. The number of halogens is 1. The molecule has 6 rings (SSSR count). The number of carboxylic acid groups (broad SMARTS) is 1. The molecule has 6 N–H and O–H groups in total. The molecule has 0 bridgehead atoms. The second-order valence-corrected chi connectivity index (χ2v) is 15.1. The van der Waals surface area contributed by atoms with E-state index < -0.39 is 45.8 Å². The fraction of sp³-hybridized carbons (Fsp3) is 0.405. The molecule has 15 heteroatoms. The molecule has 3 aliphatic rings. The number of nitrogens with zero attached hydrogens (tertiary/aromatic N) is 1. The van der Waals surface area contributed by atoms with Gasteiger partial charge in [-0.25, -0.2) is 18.4 Å². The van der Waals surface area contributed by atoms with Crippen LogP contribution in [-0.4, -0.2) is 78.1 Å².